The van der Waals surface area contributed by atoms with Crippen LogP contribution in [0.3, 0.4) is 0 Å². The minimum absolute atomic E-state index is 0.0435. The fraction of sp³-hybridized carbons (Fsp3) is 0.0500. The average Bonchev–Trinajstić information content (AvgIpc) is 3.17. The van der Waals surface area contributed by atoms with Crippen LogP contribution in [0.1, 0.15) is 10.4 Å². The fourth-order valence-electron chi connectivity index (χ4n) is 2.73. The zero-order chi connectivity index (χ0) is 21.3. The number of fused-ring (bicyclic) bond motifs is 1. The summed E-state index contributed by atoms with van der Waals surface area (Å²) < 4.78 is 65.2. The van der Waals surface area contributed by atoms with E-state index in [2.05, 4.69) is 10.0 Å². The van der Waals surface area contributed by atoms with Gasteiger partial charge in [-0.2, -0.15) is 0 Å². The first-order valence-corrected chi connectivity index (χ1v) is 10.1. The summed E-state index contributed by atoms with van der Waals surface area (Å²) in [5, 5.41) is 2.32. The van der Waals surface area contributed by atoms with Gasteiger partial charge in [0.15, 0.2) is 11.5 Å². The van der Waals surface area contributed by atoms with Gasteiger partial charge in [-0.1, -0.05) is 0 Å². The van der Waals surface area contributed by atoms with E-state index >= 15 is 0 Å². The maximum atomic E-state index is 14.4. The van der Waals surface area contributed by atoms with Crippen LogP contribution in [0.2, 0.25) is 0 Å². The standard InChI is InChI=1S/C20H14F2N2O5S/c21-13-3-1-12(2-4-13)20(25)23-17-7-6-15(10-16(17)22)30(26,27)24-14-5-8-18-19(9-14)29-11-28-18/h1-10,24H,11H2,(H,23,25). The Bertz CT molecular complexity index is 1230. The van der Waals surface area contributed by atoms with E-state index in [0.717, 1.165) is 30.3 Å². The number of benzene rings is 3. The second-order valence-corrected chi connectivity index (χ2v) is 7.96. The van der Waals surface area contributed by atoms with E-state index in [0.29, 0.717) is 11.5 Å². The minimum atomic E-state index is -4.10. The van der Waals surface area contributed by atoms with Crippen molar-refractivity contribution < 1.29 is 31.5 Å². The van der Waals surface area contributed by atoms with Crippen molar-refractivity contribution in [2.45, 2.75) is 4.90 Å². The quantitative estimate of drug-likeness (QED) is 0.641. The molecule has 0 atom stereocenters. The lowest BCUT2D eigenvalue weighted by molar-refractivity contribution is 0.102. The van der Waals surface area contributed by atoms with E-state index in [1.54, 1.807) is 6.07 Å². The molecule has 3 aromatic rings. The van der Waals surface area contributed by atoms with Crippen LogP contribution in [-0.2, 0) is 10.0 Å². The molecule has 0 unspecified atom stereocenters. The maximum absolute atomic E-state index is 14.4. The van der Waals surface area contributed by atoms with Crippen LogP contribution >= 0.6 is 0 Å². The summed E-state index contributed by atoms with van der Waals surface area (Å²) in [6, 6.07) is 12.2. The molecule has 1 aliphatic rings. The highest BCUT2D eigenvalue weighted by Gasteiger charge is 2.20. The Morgan fingerprint density at radius 2 is 1.63 bits per heavy atom. The third kappa shape index (κ3) is 4.03. The van der Waals surface area contributed by atoms with Gasteiger partial charge in [0.25, 0.3) is 15.9 Å². The number of sulfonamides is 1. The van der Waals surface area contributed by atoms with Gasteiger partial charge in [0.2, 0.25) is 6.79 Å². The smallest absolute Gasteiger partial charge is 0.262 e. The number of halogens is 2. The molecule has 154 valence electrons. The Labute approximate surface area is 170 Å². The molecule has 0 radical (unpaired) electrons. The van der Waals surface area contributed by atoms with E-state index in [1.807, 2.05) is 0 Å². The molecule has 1 heterocycles. The maximum Gasteiger partial charge on any atom is 0.262 e. The van der Waals surface area contributed by atoms with Crippen LogP contribution in [0.4, 0.5) is 20.2 Å². The van der Waals surface area contributed by atoms with Crippen molar-refractivity contribution in [3.05, 3.63) is 77.9 Å². The SMILES string of the molecule is O=C(Nc1ccc(S(=O)(=O)Nc2ccc3c(c2)OCO3)cc1F)c1ccc(F)cc1. The second kappa shape index (κ2) is 7.64. The van der Waals surface area contributed by atoms with Crippen molar-refractivity contribution in [1.29, 1.82) is 0 Å². The van der Waals surface area contributed by atoms with Gasteiger partial charge in [-0.25, -0.2) is 17.2 Å². The van der Waals surface area contributed by atoms with Crippen molar-refractivity contribution in [3.63, 3.8) is 0 Å². The number of anilines is 2. The van der Waals surface area contributed by atoms with Crippen LogP contribution < -0.4 is 19.5 Å². The number of nitrogens with one attached hydrogen (secondary N) is 2. The molecule has 1 aliphatic heterocycles. The van der Waals surface area contributed by atoms with Crippen molar-refractivity contribution in [2.75, 3.05) is 16.8 Å². The molecule has 3 aromatic carbocycles. The fourth-order valence-corrected chi connectivity index (χ4v) is 3.80. The van der Waals surface area contributed by atoms with Gasteiger partial charge in [-0.05, 0) is 54.6 Å². The van der Waals surface area contributed by atoms with E-state index in [4.69, 9.17) is 9.47 Å². The van der Waals surface area contributed by atoms with Crippen LogP contribution in [0, 0.1) is 11.6 Å². The number of ether oxygens (including phenoxy) is 2. The molecule has 0 spiro atoms. The Balaban J connectivity index is 1.51. The highest BCUT2D eigenvalue weighted by atomic mass is 32.2. The molecule has 0 bridgehead atoms. The molecule has 0 aromatic heterocycles. The van der Waals surface area contributed by atoms with Gasteiger partial charge in [0.05, 0.1) is 16.3 Å². The summed E-state index contributed by atoms with van der Waals surface area (Å²) >= 11 is 0. The predicted molar refractivity (Wildman–Crippen MR) is 104 cm³/mol. The molecule has 0 saturated heterocycles. The van der Waals surface area contributed by atoms with Crippen molar-refractivity contribution in [1.82, 2.24) is 0 Å². The lowest BCUT2D eigenvalue weighted by atomic mass is 10.2. The second-order valence-electron chi connectivity index (χ2n) is 6.28. The average molecular weight is 432 g/mol. The highest BCUT2D eigenvalue weighted by Crippen LogP contribution is 2.35. The number of carbonyl (C=O) groups is 1. The monoisotopic (exact) mass is 432 g/mol. The summed E-state index contributed by atoms with van der Waals surface area (Å²) in [5.74, 6) is -1.24. The molecule has 0 saturated carbocycles. The molecule has 1 amide bonds. The molecule has 0 fully saturated rings. The molecule has 2 N–H and O–H groups in total. The van der Waals surface area contributed by atoms with E-state index < -0.39 is 27.6 Å². The molecular formula is C20H14F2N2O5S. The zero-order valence-corrected chi connectivity index (χ0v) is 16.0. The van der Waals surface area contributed by atoms with Crippen molar-refractivity contribution in [2.24, 2.45) is 0 Å². The summed E-state index contributed by atoms with van der Waals surface area (Å²) in [4.78, 5) is 11.8. The van der Waals surface area contributed by atoms with Gasteiger partial charge < -0.3 is 14.8 Å². The summed E-state index contributed by atoms with van der Waals surface area (Å²) in [6.45, 7) is 0.0435. The van der Waals surface area contributed by atoms with E-state index in [1.165, 1.54) is 24.3 Å². The number of amides is 1. The van der Waals surface area contributed by atoms with Gasteiger partial charge in [0, 0.05) is 11.6 Å². The Morgan fingerprint density at radius 3 is 2.37 bits per heavy atom. The Kier molecular flexibility index (Phi) is 5.00. The minimum Gasteiger partial charge on any atom is -0.454 e. The normalized spacial score (nSPS) is 12.5. The van der Waals surface area contributed by atoms with E-state index in [-0.39, 0.29) is 28.6 Å². The predicted octanol–water partition coefficient (Wildman–Crippen LogP) is 3.75. The molecule has 30 heavy (non-hydrogen) atoms. The highest BCUT2D eigenvalue weighted by molar-refractivity contribution is 7.92. The first-order chi connectivity index (χ1) is 14.3. The zero-order valence-electron chi connectivity index (χ0n) is 15.2. The number of hydrogen-bond donors (Lipinski definition) is 2. The molecule has 10 heteroatoms. The van der Waals surface area contributed by atoms with Crippen LogP contribution in [0.15, 0.2) is 65.6 Å². The lowest BCUT2D eigenvalue weighted by Crippen LogP contribution is -2.15. The van der Waals surface area contributed by atoms with Crippen LogP contribution in [0.5, 0.6) is 11.5 Å². The van der Waals surface area contributed by atoms with Crippen LogP contribution in [0.25, 0.3) is 0 Å². The summed E-state index contributed by atoms with van der Waals surface area (Å²) in [5.41, 5.74) is 0.122. The molecule has 0 aliphatic carbocycles. The number of hydrogen-bond acceptors (Lipinski definition) is 5. The molecule has 7 nitrogen and oxygen atoms in total. The first-order valence-electron chi connectivity index (χ1n) is 8.61. The molecule has 4 rings (SSSR count). The lowest BCUT2D eigenvalue weighted by Gasteiger charge is -2.11. The largest absolute Gasteiger partial charge is 0.454 e. The topological polar surface area (TPSA) is 93.7 Å². The Morgan fingerprint density at radius 1 is 0.900 bits per heavy atom. The Hall–Kier alpha value is -3.66. The van der Waals surface area contributed by atoms with Crippen molar-refractivity contribution >= 4 is 27.3 Å². The molecular weight excluding hydrogens is 418 g/mol. The van der Waals surface area contributed by atoms with E-state index in [9.17, 15) is 22.0 Å². The van der Waals surface area contributed by atoms with Crippen LogP contribution in [-0.4, -0.2) is 21.1 Å². The first kappa shape index (κ1) is 19.6. The summed E-state index contributed by atoms with van der Waals surface area (Å²) in [6.07, 6.45) is 0. The summed E-state index contributed by atoms with van der Waals surface area (Å²) in [7, 11) is -4.10. The third-order valence-corrected chi connectivity index (χ3v) is 5.61. The van der Waals surface area contributed by atoms with Gasteiger partial charge in [-0.15, -0.1) is 0 Å². The third-order valence-electron chi connectivity index (χ3n) is 4.23. The van der Waals surface area contributed by atoms with Gasteiger partial charge in [0.1, 0.15) is 11.6 Å². The van der Waals surface area contributed by atoms with Gasteiger partial charge in [-0.3, -0.25) is 9.52 Å². The number of carbonyl (C=O) groups excluding carboxylic acids is 1. The van der Waals surface area contributed by atoms with Gasteiger partial charge >= 0.3 is 0 Å². The van der Waals surface area contributed by atoms with Crippen molar-refractivity contribution in [3.8, 4) is 11.5 Å². The number of rotatable bonds is 5.